The number of nitrogens with one attached hydrogen (secondary N) is 1. The molecule has 0 aliphatic carbocycles. The third-order valence-electron chi connectivity index (χ3n) is 2.55. The first-order valence-electron chi connectivity index (χ1n) is 5.72. The first kappa shape index (κ1) is 14.5. The molecule has 0 atom stereocenters. The number of pyridine rings is 1. The normalized spacial score (nSPS) is 10.2. The van der Waals surface area contributed by atoms with Gasteiger partial charge in [0, 0.05) is 11.3 Å². The lowest BCUT2D eigenvalue weighted by atomic mass is 10.1. The van der Waals surface area contributed by atoms with Gasteiger partial charge < -0.3 is 5.32 Å². The van der Waals surface area contributed by atoms with Gasteiger partial charge in [-0.3, -0.25) is 9.59 Å². The Kier molecular flexibility index (Phi) is 4.37. The first-order valence-corrected chi connectivity index (χ1v) is 6.47. The number of hydrogen-bond acceptors (Lipinski definition) is 3. The Balaban J connectivity index is 2.25. The van der Waals surface area contributed by atoms with Crippen molar-refractivity contribution in [1.29, 1.82) is 0 Å². The molecule has 0 saturated heterocycles. The average molecular weight is 309 g/mol. The van der Waals surface area contributed by atoms with Crippen LogP contribution in [0.25, 0.3) is 0 Å². The largest absolute Gasteiger partial charge is 0.321 e. The third kappa shape index (κ3) is 3.35. The van der Waals surface area contributed by atoms with Gasteiger partial charge in [0.2, 0.25) is 0 Å². The molecule has 0 unspecified atom stereocenters. The van der Waals surface area contributed by atoms with Gasteiger partial charge in [-0.1, -0.05) is 35.3 Å². The van der Waals surface area contributed by atoms with Crippen molar-refractivity contribution in [3.8, 4) is 0 Å². The van der Waals surface area contributed by atoms with Gasteiger partial charge in [-0.25, -0.2) is 4.98 Å². The van der Waals surface area contributed by atoms with E-state index >= 15 is 0 Å². The molecule has 1 aromatic heterocycles. The SMILES string of the molecule is CC(=O)c1cccc(NC(=O)c2nc(Cl)ccc2Cl)c1. The lowest BCUT2D eigenvalue weighted by Crippen LogP contribution is -2.14. The average Bonchev–Trinajstić information content (AvgIpc) is 2.41. The molecule has 0 spiro atoms. The van der Waals surface area contributed by atoms with Crippen LogP contribution in [0.3, 0.4) is 0 Å². The summed E-state index contributed by atoms with van der Waals surface area (Å²) in [7, 11) is 0. The number of rotatable bonds is 3. The predicted octanol–water partition coefficient (Wildman–Crippen LogP) is 3.84. The van der Waals surface area contributed by atoms with Crippen molar-refractivity contribution >= 4 is 40.6 Å². The first-order chi connectivity index (χ1) is 9.47. The van der Waals surface area contributed by atoms with Crippen molar-refractivity contribution in [3.05, 3.63) is 57.8 Å². The summed E-state index contributed by atoms with van der Waals surface area (Å²) in [5.41, 5.74) is 1.03. The van der Waals surface area contributed by atoms with E-state index in [1.807, 2.05) is 0 Å². The van der Waals surface area contributed by atoms with Gasteiger partial charge in [0.25, 0.3) is 5.91 Å². The number of nitrogens with zero attached hydrogens (tertiary/aromatic N) is 1. The highest BCUT2D eigenvalue weighted by atomic mass is 35.5. The van der Waals surface area contributed by atoms with Crippen molar-refractivity contribution in [2.45, 2.75) is 6.92 Å². The fourth-order valence-corrected chi connectivity index (χ4v) is 1.92. The summed E-state index contributed by atoms with van der Waals surface area (Å²) in [4.78, 5) is 27.2. The highest BCUT2D eigenvalue weighted by molar-refractivity contribution is 6.35. The second-order valence-electron chi connectivity index (χ2n) is 4.06. The molecule has 102 valence electrons. The summed E-state index contributed by atoms with van der Waals surface area (Å²) in [6, 6.07) is 9.60. The molecule has 0 saturated carbocycles. The van der Waals surface area contributed by atoms with Crippen LogP contribution in [0.5, 0.6) is 0 Å². The number of anilines is 1. The van der Waals surface area contributed by atoms with Crippen molar-refractivity contribution in [2.75, 3.05) is 5.32 Å². The van der Waals surface area contributed by atoms with E-state index in [0.29, 0.717) is 11.3 Å². The molecule has 20 heavy (non-hydrogen) atoms. The Morgan fingerprint density at radius 3 is 2.60 bits per heavy atom. The van der Waals surface area contributed by atoms with Crippen LogP contribution in [0.4, 0.5) is 5.69 Å². The van der Waals surface area contributed by atoms with Gasteiger partial charge in [0.05, 0.1) is 5.02 Å². The molecular formula is C14H10Cl2N2O2. The van der Waals surface area contributed by atoms with E-state index in [2.05, 4.69) is 10.3 Å². The van der Waals surface area contributed by atoms with E-state index in [1.165, 1.54) is 19.1 Å². The van der Waals surface area contributed by atoms with E-state index < -0.39 is 5.91 Å². The summed E-state index contributed by atoms with van der Waals surface area (Å²) in [6.45, 7) is 1.45. The van der Waals surface area contributed by atoms with Crippen LogP contribution in [-0.4, -0.2) is 16.7 Å². The molecular weight excluding hydrogens is 299 g/mol. The van der Waals surface area contributed by atoms with Crippen molar-refractivity contribution in [2.24, 2.45) is 0 Å². The molecule has 1 amide bonds. The molecule has 0 radical (unpaired) electrons. The second-order valence-corrected chi connectivity index (χ2v) is 4.85. The highest BCUT2D eigenvalue weighted by Gasteiger charge is 2.13. The quantitative estimate of drug-likeness (QED) is 0.692. The molecule has 1 N–H and O–H groups in total. The highest BCUT2D eigenvalue weighted by Crippen LogP contribution is 2.19. The molecule has 2 aromatic rings. The molecule has 4 nitrogen and oxygen atoms in total. The van der Waals surface area contributed by atoms with E-state index in [1.54, 1.807) is 24.3 Å². The van der Waals surface area contributed by atoms with Gasteiger partial charge in [-0.05, 0) is 31.2 Å². The molecule has 0 aliphatic rings. The van der Waals surface area contributed by atoms with E-state index in [-0.39, 0.29) is 21.7 Å². The topological polar surface area (TPSA) is 59.1 Å². The molecule has 2 rings (SSSR count). The van der Waals surface area contributed by atoms with Crippen LogP contribution >= 0.6 is 23.2 Å². The Bertz CT molecular complexity index is 687. The van der Waals surface area contributed by atoms with Gasteiger partial charge in [0.1, 0.15) is 10.8 Å². The van der Waals surface area contributed by atoms with Gasteiger partial charge in [0.15, 0.2) is 5.78 Å². The number of benzene rings is 1. The van der Waals surface area contributed by atoms with Crippen LogP contribution in [0, 0.1) is 0 Å². The third-order valence-corrected chi connectivity index (χ3v) is 3.07. The van der Waals surface area contributed by atoms with E-state index in [0.717, 1.165) is 0 Å². The van der Waals surface area contributed by atoms with Crippen molar-refractivity contribution < 1.29 is 9.59 Å². The summed E-state index contributed by atoms with van der Waals surface area (Å²) < 4.78 is 0. The van der Waals surface area contributed by atoms with Crippen LogP contribution in [0.15, 0.2) is 36.4 Å². The predicted molar refractivity (Wildman–Crippen MR) is 78.7 cm³/mol. The van der Waals surface area contributed by atoms with Crippen molar-refractivity contribution in [1.82, 2.24) is 4.98 Å². The maximum atomic E-state index is 12.1. The number of Topliss-reactive ketones (excluding diaryl/α,β-unsaturated/α-hetero) is 1. The van der Waals surface area contributed by atoms with E-state index in [9.17, 15) is 9.59 Å². The molecule has 0 aliphatic heterocycles. The van der Waals surface area contributed by atoms with Gasteiger partial charge in [-0.15, -0.1) is 0 Å². The van der Waals surface area contributed by atoms with E-state index in [4.69, 9.17) is 23.2 Å². The molecule has 1 aromatic carbocycles. The monoisotopic (exact) mass is 308 g/mol. The summed E-state index contributed by atoms with van der Waals surface area (Å²) >= 11 is 11.6. The summed E-state index contributed by atoms with van der Waals surface area (Å²) in [5, 5.41) is 3.01. The van der Waals surface area contributed by atoms with Crippen LogP contribution < -0.4 is 5.32 Å². The molecule has 0 bridgehead atoms. The Morgan fingerprint density at radius 1 is 1.15 bits per heavy atom. The molecule has 1 heterocycles. The second kappa shape index (κ2) is 6.03. The Morgan fingerprint density at radius 2 is 1.90 bits per heavy atom. The molecule has 0 fully saturated rings. The zero-order valence-electron chi connectivity index (χ0n) is 10.5. The fourth-order valence-electron chi connectivity index (χ4n) is 1.58. The zero-order valence-corrected chi connectivity index (χ0v) is 12.0. The number of amides is 1. The molecule has 6 heteroatoms. The lowest BCUT2D eigenvalue weighted by Gasteiger charge is -2.07. The fraction of sp³-hybridized carbons (Fsp3) is 0.0714. The van der Waals surface area contributed by atoms with Crippen LogP contribution in [-0.2, 0) is 0 Å². The van der Waals surface area contributed by atoms with Crippen molar-refractivity contribution in [3.63, 3.8) is 0 Å². The number of hydrogen-bond donors (Lipinski definition) is 1. The standard InChI is InChI=1S/C14H10Cl2N2O2/c1-8(19)9-3-2-4-10(7-9)17-14(20)13-11(15)5-6-12(16)18-13/h2-7H,1H3,(H,17,20). The summed E-state index contributed by atoms with van der Waals surface area (Å²) in [5.74, 6) is -0.571. The minimum Gasteiger partial charge on any atom is -0.321 e. The number of aromatic nitrogens is 1. The number of carbonyl (C=O) groups is 2. The maximum absolute atomic E-state index is 12.1. The number of ketones is 1. The Hall–Kier alpha value is -1.91. The maximum Gasteiger partial charge on any atom is 0.275 e. The van der Waals surface area contributed by atoms with Gasteiger partial charge in [-0.2, -0.15) is 0 Å². The minimum absolute atomic E-state index is 0.0346. The number of carbonyl (C=O) groups excluding carboxylic acids is 2. The smallest absolute Gasteiger partial charge is 0.275 e. The van der Waals surface area contributed by atoms with Gasteiger partial charge >= 0.3 is 0 Å². The van der Waals surface area contributed by atoms with Crippen LogP contribution in [0.2, 0.25) is 10.2 Å². The summed E-state index contributed by atoms with van der Waals surface area (Å²) in [6.07, 6.45) is 0. The Labute approximate surface area is 125 Å². The minimum atomic E-state index is -0.488. The van der Waals surface area contributed by atoms with Crippen LogP contribution in [0.1, 0.15) is 27.8 Å². The zero-order chi connectivity index (χ0) is 14.7. The lowest BCUT2D eigenvalue weighted by molar-refractivity contribution is 0.100. The number of halogens is 2.